The molecule has 0 saturated carbocycles. The number of hydrogen-bond acceptors (Lipinski definition) is 2. The van der Waals surface area contributed by atoms with E-state index in [4.69, 9.17) is 0 Å². The molecule has 1 fully saturated rings. The number of anilines is 1. The van der Waals surface area contributed by atoms with Crippen LogP contribution in [-0.2, 0) is 0 Å². The molecule has 0 bridgehead atoms. The Morgan fingerprint density at radius 1 is 0.926 bits per heavy atom. The van der Waals surface area contributed by atoms with E-state index in [1.807, 2.05) is 0 Å². The Balaban J connectivity index is 1.94. The van der Waals surface area contributed by atoms with Gasteiger partial charge in [-0.3, -0.25) is 4.90 Å². The summed E-state index contributed by atoms with van der Waals surface area (Å²) < 4.78 is 0. The van der Waals surface area contributed by atoms with E-state index >= 15 is 0 Å². The molecule has 1 aromatic carbocycles. The van der Waals surface area contributed by atoms with E-state index in [9.17, 15) is 0 Å². The summed E-state index contributed by atoms with van der Waals surface area (Å²) in [6.45, 7) is 18.6. The minimum Gasteiger partial charge on any atom is -0.354 e. The van der Waals surface area contributed by atoms with Crippen LogP contribution in [0.15, 0.2) is 42.0 Å². The van der Waals surface area contributed by atoms with Gasteiger partial charge in [0, 0.05) is 24.3 Å². The van der Waals surface area contributed by atoms with Gasteiger partial charge in [0.2, 0.25) is 0 Å². The number of rotatable bonds is 5. The summed E-state index contributed by atoms with van der Waals surface area (Å²) in [5, 5.41) is 0. The van der Waals surface area contributed by atoms with Gasteiger partial charge in [0.15, 0.2) is 0 Å². The maximum Gasteiger partial charge on any atom is 0.0716 e. The molecule has 3 rings (SSSR count). The molecule has 1 aliphatic carbocycles. The molecule has 0 amide bonds. The average molecular weight is 367 g/mol. The molecule has 2 heteroatoms. The summed E-state index contributed by atoms with van der Waals surface area (Å²) in [5.41, 5.74) is 6.09. The molecule has 2 aliphatic rings. The number of allylic oxidation sites excluding steroid dienone is 2. The molecule has 1 aromatic rings. The minimum absolute atomic E-state index is 0.543. The minimum atomic E-state index is 0.543. The van der Waals surface area contributed by atoms with Crippen LogP contribution in [0, 0.1) is 5.92 Å². The van der Waals surface area contributed by atoms with Crippen molar-refractivity contribution in [1.82, 2.24) is 4.90 Å². The molecule has 0 N–H and O–H groups in total. The number of para-hydroxylation sites is 1. The predicted molar refractivity (Wildman–Crippen MR) is 119 cm³/mol. The zero-order chi connectivity index (χ0) is 19.7. The first-order valence-corrected chi connectivity index (χ1v) is 10.8. The van der Waals surface area contributed by atoms with Crippen molar-refractivity contribution in [2.24, 2.45) is 5.92 Å². The van der Waals surface area contributed by atoms with Crippen molar-refractivity contribution in [2.75, 3.05) is 18.1 Å². The molecular weight excluding hydrogens is 328 g/mol. The van der Waals surface area contributed by atoms with Gasteiger partial charge in [0.05, 0.1) is 6.67 Å². The second-order valence-corrected chi connectivity index (χ2v) is 9.33. The SMILES string of the molecule is CC(C)C1=CC=CCC1N1CC(C)N(c2c(C(C)C)cccc2C(C)C)C1. The highest BCUT2D eigenvalue weighted by atomic mass is 15.4. The molecule has 2 unspecified atom stereocenters. The second-order valence-electron chi connectivity index (χ2n) is 9.33. The van der Waals surface area contributed by atoms with Crippen LogP contribution in [0.4, 0.5) is 5.69 Å². The summed E-state index contributed by atoms with van der Waals surface area (Å²) >= 11 is 0. The Kier molecular flexibility index (Phi) is 6.15. The van der Waals surface area contributed by atoms with Crippen LogP contribution >= 0.6 is 0 Å². The van der Waals surface area contributed by atoms with Crippen molar-refractivity contribution in [1.29, 1.82) is 0 Å². The first-order valence-electron chi connectivity index (χ1n) is 10.8. The zero-order valence-electron chi connectivity index (χ0n) is 18.4. The third-order valence-electron chi connectivity index (χ3n) is 6.27. The Morgan fingerprint density at radius 2 is 1.56 bits per heavy atom. The molecule has 1 aliphatic heterocycles. The fourth-order valence-corrected chi connectivity index (χ4v) is 4.76. The fraction of sp³-hybridized carbons (Fsp3) is 0.600. The Bertz CT molecular complexity index is 685. The van der Waals surface area contributed by atoms with Crippen LogP contribution in [0.3, 0.4) is 0 Å². The first kappa shape index (κ1) is 20.2. The predicted octanol–water partition coefficient (Wildman–Crippen LogP) is 6.31. The zero-order valence-corrected chi connectivity index (χ0v) is 18.4. The summed E-state index contributed by atoms with van der Waals surface area (Å²) in [5.74, 6) is 1.70. The topological polar surface area (TPSA) is 6.48 Å². The molecular formula is C25H38N2. The van der Waals surface area contributed by atoms with Crippen molar-refractivity contribution in [2.45, 2.75) is 78.8 Å². The molecule has 0 radical (unpaired) electrons. The van der Waals surface area contributed by atoms with Gasteiger partial charge in [0.1, 0.15) is 0 Å². The van der Waals surface area contributed by atoms with E-state index in [-0.39, 0.29) is 0 Å². The standard InChI is InChI=1S/C25H38N2/c1-17(2)21-11-8-9-14-24(21)26-15-20(7)27(16-26)25-22(18(3)4)12-10-13-23(25)19(5)6/h8-13,17-20,24H,14-16H2,1-7H3. The normalized spacial score (nSPS) is 23.8. The highest BCUT2D eigenvalue weighted by Crippen LogP contribution is 2.39. The number of benzene rings is 1. The van der Waals surface area contributed by atoms with Crippen molar-refractivity contribution in [3.05, 3.63) is 53.1 Å². The van der Waals surface area contributed by atoms with Crippen LogP contribution in [0.2, 0.25) is 0 Å². The van der Waals surface area contributed by atoms with Gasteiger partial charge >= 0.3 is 0 Å². The van der Waals surface area contributed by atoms with Crippen molar-refractivity contribution in [3.8, 4) is 0 Å². The van der Waals surface area contributed by atoms with Gasteiger partial charge in [-0.25, -0.2) is 0 Å². The molecule has 148 valence electrons. The highest BCUT2D eigenvalue weighted by molar-refractivity contribution is 5.63. The van der Waals surface area contributed by atoms with Gasteiger partial charge in [-0.05, 0) is 42.2 Å². The Labute approximate surface area is 166 Å². The Hall–Kier alpha value is -1.54. The van der Waals surface area contributed by atoms with Gasteiger partial charge in [-0.2, -0.15) is 0 Å². The van der Waals surface area contributed by atoms with Gasteiger partial charge in [-0.1, -0.05) is 83.5 Å². The van der Waals surface area contributed by atoms with E-state index in [1.165, 1.54) is 16.8 Å². The third kappa shape index (κ3) is 4.01. The molecule has 0 aromatic heterocycles. The average Bonchev–Trinajstić information content (AvgIpc) is 3.02. The highest BCUT2D eigenvalue weighted by Gasteiger charge is 2.36. The molecule has 2 nitrogen and oxygen atoms in total. The lowest BCUT2D eigenvalue weighted by molar-refractivity contribution is 0.259. The lowest BCUT2D eigenvalue weighted by Crippen LogP contribution is -2.38. The maximum atomic E-state index is 2.71. The van der Waals surface area contributed by atoms with Gasteiger partial charge in [0.25, 0.3) is 0 Å². The monoisotopic (exact) mass is 366 g/mol. The quantitative estimate of drug-likeness (QED) is 0.602. The molecule has 0 spiro atoms. The van der Waals surface area contributed by atoms with Crippen molar-refractivity contribution in [3.63, 3.8) is 0 Å². The van der Waals surface area contributed by atoms with Crippen LogP contribution < -0.4 is 4.90 Å². The second kappa shape index (κ2) is 8.22. The lowest BCUT2D eigenvalue weighted by atomic mass is 9.89. The van der Waals surface area contributed by atoms with E-state index in [0.717, 1.165) is 19.6 Å². The summed E-state index contributed by atoms with van der Waals surface area (Å²) in [6, 6.07) is 8.02. The van der Waals surface area contributed by atoms with Crippen LogP contribution in [0.5, 0.6) is 0 Å². The number of hydrogen-bond donors (Lipinski definition) is 0. The Morgan fingerprint density at radius 3 is 2.11 bits per heavy atom. The first-order chi connectivity index (χ1) is 12.8. The summed E-state index contributed by atoms with van der Waals surface area (Å²) in [4.78, 5) is 5.39. The van der Waals surface area contributed by atoms with Crippen LogP contribution in [0.25, 0.3) is 0 Å². The summed E-state index contributed by atoms with van der Waals surface area (Å²) in [6.07, 6.45) is 8.08. The van der Waals surface area contributed by atoms with Crippen LogP contribution in [-0.4, -0.2) is 30.2 Å². The van der Waals surface area contributed by atoms with E-state index in [2.05, 4.69) is 94.7 Å². The molecule has 1 heterocycles. The smallest absolute Gasteiger partial charge is 0.0716 e. The third-order valence-corrected chi connectivity index (χ3v) is 6.27. The van der Waals surface area contributed by atoms with E-state index in [0.29, 0.717) is 29.8 Å². The van der Waals surface area contributed by atoms with Crippen LogP contribution in [0.1, 0.15) is 77.8 Å². The van der Waals surface area contributed by atoms with Gasteiger partial charge < -0.3 is 4.90 Å². The van der Waals surface area contributed by atoms with Gasteiger partial charge in [-0.15, -0.1) is 0 Å². The fourth-order valence-electron chi connectivity index (χ4n) is 4.76. The summed E-state index contributed by atoms with van der Waals surface area (Å²) in [7, 11) is 0. The van der Waals surface area contributed by atoms with Crippen molar-refractivity contribution >= 4 is 5.69 Å². The largest absolute Gasteiger partial charge is 0.354 e. The number of nitrogens with zero attached hydrogens (tertiary/aromatic N) is 2. The van der Waals surface area contributed by atoms with Crippen molar-refractivity contribution < 1.29 is 0 Å². The molecule has 27 heavy (non-hydrogen) atoms. The van der Waals surface area contributed by atoms with E-state index in [1.54, 1.807) is 5.57 Å². The molecule has 1 saturated heterocycles. The molecule has 2 atom stereocenters. The lowest BCUT2D eigenvalue weighted by Gasteiger charge is -2.34. The maximum absolute atomic E-state index is 2.71. The van der Waals surface area contributed by atoms with E-state index < -0.39 is 0 Å².